The molecule has 0 fully saturated rings. The number of halogens is 1. The highest BCUT2D eigenvalue weighted by molar-refractivity contribution is 9.10. The van der Waals surface area contributed by atoms with Gasteiger partial charge in [-0.1, -0.05) is 13.8 Å². The number of nitrogens with one attached hydrogen (secondary N) is 1. The van der Waals surface area contributed by atoms with E-state index in [1.807, 2.05) is 25.3 Å². The first-order valence-electron chi connectivity index (χ1n) is 5.10. The minimum atomic E-state index is -3.13. The van der Waals surface area contributed by atoms with Crippen LogP contribution in [0.3, 0.4) is 0 Å². The van der Waals surface area contributed by atoms with E-state index in [-0.39, 0.29) is 5.75 Å². The maximum atomic E-state index is 11.6. The Hall–Kier alpha value is 0.0900. The fraction of sp³-hybridized carbons (Fsp3) is 0.600. The van der Waals surface area contributed by atoms with Gasteiger partial charge in [0.2, 0.25) is 10.0 Å². The molecule has 0 atom stereocenters. The van der Waals surface area contributed by atoms with Crippen LogP contribution in [0.25, 0.3) is 0 Å². The van der Waals surface area contributed by atoms with Crippen molar-refractivity contribution in [2.75, 3.05) is 5.75 Å². The van der Waals surface area contributed by atoms with Gasteiger partial charge in [-0.2, -0.15) is 0 Å². The Kier molecular flexibility index (Phi) is 5.43. The molecule has 0 amide bonds. The van der Waals surface area contributed by atoms with Crippen molar-refractivity contribution in [1.82, 2.24) is 4.72 Å². The summed E-state index contributed by atoms with van der Waals surface area (Å²) >= 11 is 4.91. The van der Waals surface area contributed by atoms with Crippen molar-refractivity contribution in [1.29, 1.82) is 0 Å². The second-order valence-corrected chi connectivity index (χ2v) is 7.80. The van der Waals surface area contributed by atoms with Crippen molar-refractivity contribution in [2.45, 2.75) is 26.8 Å². The van der Waals surface area contributed by atoms with Crippen LogP contribution >= 0.6 is 27.3 Å². The monoisotopic (exact) mass is 325 g/mol. The molecule has 0 aliphatic carbocycles. The average molecular weight is 326 g/mol. The van der Waals surface area contributed by atoms with Crippen LogP contribution in [0, 0.1) is 5.92 Å². The maximum Gasteiger partial charge on any atom is 0.211 e. The molecule has 3 nitrogen and oxygen atoms in total. The van der Waals surface area contributed by atoms with Crippen LogP contribution in [0.2, 0.25) is 0 Å². The largest absolute Gasteiger partial charge is 0.212 e. The van der Waals surface area contributed by atoms with Gasteiger partial charge in [0.1, 0.15) is 0 Å². The zero-order valence-electron chi connectivity index (χ0n) is 9.36. The molecule has 1 rings (SSSR count). The maximum absolute atomic E-state index is 11.6. The van der Waals surface area contributed by atoms with Crippen LogP contribution in [-0.2, 0) is 16.6 Å². The molecule has 0 saturated heterocycles. The van der Waals surface area contributed by atoms with Gasteiger partial charge in [0.15, 0.2) is 0 Å². The predicted octanol–water partition coefficient (Wildman–Crippen LogP) is 2.98. The lowest BCUT2D eigenvalue weighted by molar-refractivity contribution is 0.562. The Balaban J connectivity index is 2.45. The minimum Gasteiger partial charge on any atom is -0.212 e. The third-order valence-corrected chi connectivity index (χ3v) is 5.39. The van der Waals surface area contributed by atoms with E-state index in [9.17, 15) is 8.42 Å². The lowest BCUT2D eigenvalue weighted by Gasteiger charge is -2.07. The molecule has 0 radical (unpaired) electrons. The van der Waals surface area contributed by atoms with E-state index in [0.29, 0.717) is 18.9 Å². The molecule has 1 heterocycles. The lowest BCUT2D eigenvalue weighted by atomic mass is 10.2. The molecular formula is C10H16BrNO2S2. The van der Waals surface area contributed by atoms with E-state index in [2.05, 4.69) is 20.7 Å². The Bertz CT molecular complexity index is 426. The second kappa shape index (κ2) is 6.14. The number of hydrogen-bond donors (Lipinski definition) is 1. The molecule has 0 spiro atoms. The summed E-state index contributed by atoms with van der Waals surface area (Å²) in [5.74, 6) is 0.609. The van der Waals surface area contributed by atoms with E-state index in [0.717, 1.165) is 9.35 Å². The second-order valence-electron chi connectivity index (χ2n) is 4.01. The molecule has 1 N–H and O–H groups in total. The Labute approximate surface area is 109 Å². The number of rotatable bonds is 6. The van der Waals surface area contributed by atoms with Gasteiger partial charge < -0.3 is 0 Å². The first kappa shape index (κ1) is 14.2. The zero-order chi connectivity index (χ0) is 12.2. The van der Waals surface area contributed by atoms with Gasteiger partial charge in [0.25, 0.3) is 0 Å². The van der Waals surface area contributed by atoms with Gasteiger partial charge in [-0.3, -0.25) is 0 Å². The highest BCUT2D eigenvalue weighted by Gasteiger charge is 2.12. The van der Waals surface area contributed by atoms with Gasteiger partial charge in [-0.15, -0.1) is 11.3 Å². The highest BCUT2D eigenvalue weighted by atomic mass is 79.9. The van der Waals surface area contributed by atoms with Crippen LogP contribution in [0.5, 0.6) is 0 Å². The van der Waals surface area contributed by atoms with Crippen molar-refractivity contribution >= 4 is 37.3 Å². The van der Waals surface area contributed by atoms with Crippen molar-refractivity contribution < 1.29 is 8.42 Å². The molecule has 92 valence electrons. The summed E-state index contributed by atoms with van der Waals surface area (Å²) in [7, 11) is -3.13. The fourth-order valence-corrected chi connectivity index (χ4v) is 3.90. The van der Waals surface area contributed by atoms with Crippen LogP contribution in [0.15, 0.2) is 15.9 Å². The summed E-state index contributed by atoms with van der Waals surface area (Å²) in [6, 6.07) is 1.92. The molecule has 0 aliphatic rings. The van der Waals surface area contributed by atoms with E-state index in [1.165, 1.54) is 0 Å². The molecule has 1 aromatic heterocycles. The van der Waals surface area contributed by atoms with Crippen molar-refractivity contribution in [3.05, 3.63) is 20.8 Å². The van der Waals surface area contributed by atoms with Crippen molar-refractivity contribution in [3.8, 4) is 0 Å². The summed E-state index contributed by atoms with van der Waals surface area (Å²) in [5.41, 5.74) is 0. The SMILES string of the molecule is CC(C)CCS(=O)(=O)NCc1sccc1Br. The summed E-state index contributed by atoms with van der Waals surface area (Å²) < 4.78 is 26.8. The molecule has 0 bridgehead atoms. The Morgan fingerprint density at radius 3 is 2.69 bits per heavy atom. The molecule has 0 unspecified atom stereocenters. The third-order valence-electron chi connectivity index (χ3n) is 2.11. The normalized spacial score (nSPS) is 12.2. The molecular weight excluding hydrogens is 310 g/mol. The summed E-state index contributed by atoms with van der Waals surface area (Å²) in [5, 5.41) is 1.93. The van der Waals surface area contributed by atoms with Gasteiger partial charge in [0, 0.05) is 15.9 Å². The van der Waals surface area contributed by atoms with Crippen molar-refractivity contribution in [3.63, 3.8) is 0 Å². The van der Waals surface area contributed by atoms with E-state index >= 15 is 0 Å². The zero-order valence-corrected chi connectivity index (χ0v) is 12.6. The van der Waals surface area contributed by atoms with Crippen LogP contribution < -0.4 is 4.72 Å². The fourth-order valence-electron chi connectivity index (χ4n) is 1.09. The molecule has 16 heavy (non-hydrogen) atoms. The minimum absolute atomic E-state index is 0.202. The van der Waals surface area contributed by atoms with E-state index < -0.39 is 10.0 Å². The van der Waals surface area contributed by atoms with Crippen LogP contribution in [0.1, 0.15) is 25.1 Å². The summed E-state index contributed by atoms with van der Waals surface area (Å²) in [4.78, 5) is 1.01. The Morgan fingerprint density at radius 2 is 2.19 bits per heavy atom. The standard InChI is InChI=1S/C10H16BrNO2S2/c1-8(2)4-6-16(13,14)12-7-10-9(11)3-5-15-10/h3,5,8,12H,4,6-7H2,1-2H3. The van der Waals surface area contributed by atoms with Crippen LogP contribution in [-0.4, -0.2) is 14.2 Å². The van der Waals surface area contributed by atoms with E-state index in [4.69, 9.17) is 0 Å². The Morgan fingerprint density at radius 1 is 1.50 bits per heavy atom. The van der Waals surface area contributed by atoms with E-state index in [1.54, 1.807) is 11.3 Å². The first-order chi connectivity index (χ1) is 7.41. The number of hydrogen-bond acceptors (Lipinski definition) is 3. The number of thiophene rings is 1. The number of sulfonamides is 1. The predicted molar refractivity (Wildman–Crippen MR) is 72.1 cm³/mol. The molecule has 6 heteroatoms. The summed E-state index contributed by atoms with van der Waals surface area (Å²) in [6.07, 6.45) is 0.695. The highest BCUT2D eigenvalue weighted by Crippen LogP contribution is 2.22. The van der Waals surface area contributed by atoms with Crippen LogP contribution in [0.4, 0.5) is 0 Å². The van der Waals surface area contributed by atoms with Crippen molar-refractivity contribution in [2.24, 2.45) is 5.92 Å². The third kappa shape index (κ3) is 4.95. The smallest absolute Gasteiger partial charge is 0.211 e. The molecule has 0 aromatic carbocycles. The lowest BCUT2D eigenvalue weighted by Crippen LogP contribution is -2.26. The summed E-state index contributed by atoms with van der Waals surface area (Å²) in [6.45, 7) is 4.41. The molecule has 0 aliphatic heterocycles. The first-order valence-corrected chi connectivity index (χ1v) is 8.42. The van der Waals surface area contributed by atoms with Gasteiger partial charge in [-0.05, 0) is 39.7 Å². The average Bonchev–Trinajstić information content (AvgIpc) is 2.59. The molecule has 0 saturated carbocycles. The topological polar surface area (TPSA) is 46.2 Å². The van der Waals surface area contributed by atoms with Gasteiger partial charge in [-0.25, -0.2) is 13.1 Å². The van der Waals surface area contributed by atoms with Gasteiger partial charge >= 0.3 is 0 Å². The quantitative estimate of drug-likeness (QED) is 0.873. The molecule has 1 aromatic rings. The van der Waals surface area contributed by atoms with Gasteiger partial charge in [0.05, 0.1) is 5.75 Å².